The van der Waals surface area contributed by atoms with E-state index in [9.17, 15) is 8.96 Å². The Morgan fingerprint density at radius 2 is 2.00 bits per heavy atom. The van der Waals surface area contributed by atoms with Crippen molar-refractivity contribution in [1.29, 1.82) is 0 Å². The third-order valence-corrected chi connectivity index (χ3v) is 5.24. The number of pyridine rings is 1. The summed E-state index contributed by atoms with van der Waals surface area (Å²) >= 11 is 0. The molecule has 1 aliphatic rings. The molecule has 3 nitrogen and oxygen atoms in total. The maximum absolute atomic E-state index is 14.2. The van der Waals surface area contributed by atoms with Crippen LogP contribution in [0, 0.1) is 5.82 Å². The van der Waals surface area contributed by atoms with Gasteiger partial charge < -0.3 is 9.88 Å². The minimum atomic E-state index is -2.45. The molecule has 1 N–H and O–H groups in total. The number of hydrogen-bond acceptors (Lipinski definition) is 3. The first kappa shape index (κ1) is 14.3. The van der Waals surface area contributed by atoms with Crippen molar-refractivity contribution in [2.45, 2.75) is 18.8 Å². The van der Waals surface area contributed by atoms with Crippen molar-refractivity contribution in [3.63, 3.8) is 0 Å². The molecule has 2 aromatic rings. The molecule has 0 amide bonds. The zero-order valence-electron chi connectivity index (χ0n) is 12.1. The van der Waals surface area contributed by atoms with Crippen LogP contribution in [0.1, 0.15) is 24.3 Å². The molecule has 1 aromatic heterocycles. The van der Waals surface area contributed by atoms with Crippen molar-refractivity contribution in [1.82, 2.24) is 4.98 Å². The number of hydrogen-bond donors (Lipinski definition) is 1. The highest BCUT2D eigenvalue weighted by atomic mass is 31.2. The van der Waals surface area contributed by atoms with Gasteiger partial charge >= 0.3 is 0 Å². The quantitative estimate of drug-likeness (QED) is 0.865. The number of benzene rings is 1. The molecule has 1 saturated carbocycles. The minimum absolute atomic E-state index is 0.281. The molecule has 0 saturated heterocycles. The molecule has 0 atom stereocenters. The van der Waals surface area contributed by atoms with Crippen molar-refractivity contribution in [3.8, 4) is 0 Å². The Hall–Kier alpha value is -1.67. The predicted octanol–water partition coefficient (Wildman–Crippen LogP) is 4.09. The van der Waals surface area contributed by atoms with Crippen molar-refractivity contribution in [2.24, 2.45) is 0 Å². The summed E-state index contributed by atoms with van der Waals surface area (Å²) in [4.78, 5) is 4.03. The van der Waals surface area contributed by atoms with Gasteiger partial charge in [0.25, 0.3) is 0 Å². The van der Waals surface area contributed by atoms with Crippen LogP contribution in [0.15, 0.2) is 36.7 Å². The van der Waals surface area contributed by atoms with Gasteiger partial charge in [0.05, 0.1) is 17.6 Å². The Balaban J connectivity index is 1.92. The lowest BCUT2D eigenvalue weighted by atomic mass is 10.1. The molecule has 0 unspecified atom stereocenters. The first-order valence-electron chi connectivity index (χ1n) is 7.01. The topological polar surface area (TPSA) is 42.0 Å². The Bertz CT molecular complexity index is 722. The third kappa shape index (κ3) is 3.16. The Kier molecular flexibility index (Phi) is 3.58. The van der Waals surface area contributed by atoms with Crippen LogP contribution in [-0.4, -0.2) is 18.3 Å². The third-order valence-electron chi connectivity index (χ3n) is 3.69. The molecular weight excluding hydrogens is 286 g/mol. The smallest absolute Gasteiger partial charge is 0.146 e. The fourth-order valence-corrected chi connectivity index (χ4v) is 3.52. The Morgan fingerprint density at radius 1 is 1.24 bits per heavy atom. The Morgan fingerprint density at radius 3 is 2.62 bits per heavy atom. The average molecular weight is 304 g/mol. The Labute approximate surface area is 124 Å². The zero-order chi connectivity index (χ0) is 15.0. The lowest BCUT2D eigenvalue weighted by molar-refractivity contribution is 0.588. The van der Waals surface area contributed by atoms with Gasteiger partial charge in [0, 0.05) is 11.5 Å². The monoisotopic (exact) mass is 304 g/mol. The van der Waals surface area contributed by atoms with Gasteiger partial charge in [0.1, 0.15) is 13.0 Å². The van der Waals surface area contributed by atoms with Gasteiger partial charge in [-0.3, -0.25) is 4.98 Å². The van der Waals surface area contributed by atoms with E-state index in [0.29, 0.717) is 22.6 Å². The molecule has 0 radical (unpaired) electrons. The average Bonchev–Trinajstić information content (AvgIpc) is 3.25. The summed E-state index contributed by atoms with van der Waals surface area (Å²) in [7, 11) is -2.45. The van der Waals surface area contributed by atoms with Gasteiger partial charge in [-0.25, -0.2) is 4.39 Å². The maximum atomic E-state index is 14.2. The summed E-state index contributed by atoms with van der Waals surface area (Å²) in [5, 5.41) is 3.71. The number of aromatic nitrogens is 1. The molecule has 110 valence electrons. The van der Waals surface area contributed by atoms with Gasteiger partial charge in [0.2, 0.25) is 0 Å². The summed E-state index contributed by atoms with van der Waals surface area (Å²) < 4.78 is 26.5. The fourth-order valence-electron chi connectivity index (χ4n) is 2.40. The van der Waals surface area contributed by atoms with Crippen LogP contribution < -0.4 is 10.6 Å². The van der Waals surface area contributed by atoms with Crippen LogP contribution >= 0.6 is 7.14 Å². The highest BCUT2D eigenvalue weighted by Gasteiger charge is 2.24. The molecule has 3 rings (SSSR count). The van der Waals surface area contributed by atoms with E-state index in [2.05, 4.69) is 10.3 Å². The fraction of sp³-hybridized carbons (Fsp3) is 0.312. The number of nitrogens with zero attached hydrogens (tertiary/aromatic N) is 1. The van der Waals surface area contributed by atoms with Gasteiger partial charge in [-0.1, -0.05) is 6.07 Å². The molecule has 0 spiro atoms. The van der Waals surface area contributed by atoms with Crippen LogP contribution in [-0.2, 0) is 4.57 Å². The zero-order valence-corrected chi connectivity index (χ0v) is 13.0. The normalized spacial score (nSPS) is 15.0. The van der Waals surface area contributed by atoms with E-state index in [1.165, 1.54) is 0 Å². The van der Waals surface area contributed by atoms with E-state index in [-0.39, 0.29) is 5.82 Å². The SMILES string of the molecule is CP(C)(=O)c1ccncc1Nc1ccc(C2CC2)cc1F. The van der Waals surface area contributed by atoms with E-state index in [4.69, 9.17) is 0 Å². The largest absolute Gasteiger partial charge is 0.351 e. The summed E-state index contributed by atoms with van der Waals surface area (Å²) in [6, 6.07) is 7.01. The summed E-state index contributed by atoms with van der Waals surface area (Å²) in [6.07, 6.45) is 5.48. The maximum Gasteiger partial charge on any atom is 0.146 e. The second-order valence-electron chi connectivity index (χ2n) is 5.88. The lowest BCUT2D eigenvalue weighted by Crippen LogP contribution is -2.10. The lowest BCUT2D eigenvalue weighted by Gasteiger charge is -2.15. The standard InChI is InChI=1S/C16H18FN2OP/c1-21(2,20)16-7-8-18-10-15(16)19-14-6-5-12(9-13(14)17)11-3-4-11/h5-11,19H,3-4H2,1-2H3. The molecule has 1 aliphatic carbocycles. The molecule has 21 heavy (non-hydrogen) atoms. The second kappa shape index (κ2) is 5.27. The second-order valence-corrected chi connectivity index (χ2v) is 9.07. The van der Waals surface area contributed by atoms with Crippen molar-refractivity contribution >= 4 is 23.8 Å². The molecule has 1 aromatic carbocycles. The molecule has 1 heterocycles. The van der Waals surface area contributed by atoms with Crippen molar-refractivity contribution < 1.29 is 8.96 Å². The molecule has 0 aliphatic heterocycles. The number of anilines is 2. The molecular formula is C16H18FN2OP. The van der Waals surface area contributed by atoms with Crippen molar-refractivity contribution in [3.05, 3.63) is 48.0 Å². The minimum Gasteiger partial charge on any atom is -0.351 e. The highest BCUT2D eigenvalue weighted by molar-refractivity contribution is 7.70. The van der Waals surface area contributed by atoms with E-state index < -0.39 is 7.14 Å². The van der Waals surface area contributed by atoms with E-state index >= 15 is 0 Å². The summed E-state index contributed by atoms with van der Waals surface area (Å²) in [6.45, 7) is 3.39. The van der Waals surface area contributed by atoms with Gasteiger partial charge in [-0.05, 0) is 55.9 Å². The number of halogens is 1. The molecule has 1 fully saturated rings. The van der Waals surface area contributed by atoms with Gasteiger partial charge in [-0.15, -0.1) is 0 Å². The molecule has 0 bridgehead atoms. The highest BCUT2D eigenvalue weighted by Crippen LogP contribution is 2.41. The van der Waals surface area contributed by atoms with Crippen LogP contribution in [0.5, 0.6) is 0 Å². The van der Waals surface area contributed by atoms with E-state index in [1.807, 2.05) is 6.07 Å². The van der Waals surface area contributed by atoms with Crippen LogP contribution in [0.25, 0.3) is 0 Å². The van der Waals surface area contributed by atoms with Crippen LogP contribution in [0.4, 0.5) is 15.8 Å². The van der Waals surface area contributed by atoms with E-state index in [1.54, 1.807) is 43.9 Å². The first-order chi connectivity index (χ1) is 9.95. The molecule has 5 heteroatoms. The number of rotatable bonds is 4. The van der Waals surface area contributed by atoms with Crippen molar-refractivity contribution in [2.75, 3.05) is 18.6 Å². The van der Waals surface area contributed by atoms with Gasteiger partial charge in [-0.2, -0.15) is 0 Å². The van der Waals surface area contributed by atoms with Crippen LogP contribution in [0.3, 0.4) is 0 Å². The summed E-state index contributed by atoms with van der Waals surface area (Å²) in [5.74, 6) is 0.241. The predicted molar refractivity (Wildman–Crippen MR) is 85.0 cm³/mol. The van der Waals surface area contributed by atoms with E-state index in [0.717, 1.165) is 18.4 Å². The van der Waals surface area contributed by atoms with Gasteiger partial charge in [0.15, 0.2) is 0 Å². The van der Waals surface area contributed by atoms with Crippen LogP contribution in [0.2, 0.25) is 0 Å². The summed E-state index contributed by atoms with van der Waals surface area (Å²) in [5.41, 5.74) is 2.05. The number of nitrogens with one attached hydrogen (secondary N) is 1. The first-order valence-corrected chi connectivity index (χ1v) is 9.61.